The summed E-state index contributed by atoms with van der Waals surface area (Å²) < 4.78 is 5.45. The number of hydrazine groups is 1. The number of hydrogen-bond acceptors (Lipinski definition) is 6. The van der Waals surface area contributed by atoms with Crippen LogP contribution in [0, 0.1) is 10.1 Å². The molecular formula is C14H7Cl2N3O5S. The summed E-state index contributed by atoms with van der Waals surface area (Å²) in [4.78, 5) is 34.0. The number of carbonyl (C=O) groups excluding carboxylic acids is 2. The Kier molecular flexibility index (Phi) is 4.62. The number of benzene rings is 1. The first-order valence-corrected chi connectivity index (χ1v) is 8.16. The number of fused-ring (bicyclic) bond motifs is 1. The summed E-state index contributed by atoms with van der Waals surface area (Å²) in [5.74, 6) is -2.39. The Morgan fingerprint density at radius 1 is 1.12 bits per heavy atom. The van der Waals surface area contributed by atoms with Crippen molar-refractivity contribution in [3.05, 3.63) is 61.1 Å². The molecule has 2 aromatic heterocycles. The minimum absolute atomic E-state index is 0.185. The zero-order chi connectivity index (χ0) is 18.1. The van der Waals surface area contributed by atoms with Crippen molar-refractivity contribution in [2.45, 2.75) is 0 Å². The molecule has 8 nitrogen and oxygen atoms in total. The number of rotatable bonds is 3. The van der Waals surface area contributed by atoms with E-state index in [2.05, 4.69) is 10.9 Å². The average Bonchev–Trinajstić information content (AvgIpc) is 3.18. The van der Waals surface area contributed by atoms with Gasteiger partial charge in [-0.25, -0.2) is 0 Å². The monoisotopic (exact) mass is 399 g/mol. The molecule has 3 rings (SSSR count). The number of nitrogens with zero attached hydrogens (tertiary/aromatic N) is 1. The van der Waals surface area contributed by atoms with Gasteiger partial charge in [0.25, 0.3) is 5.91 Å². The molecule has 3 aromatic rings. The molecule has 128 valence electrons. The molecule has 0 radical (unpaired) electrons. The van der Waals surface area contributed by atoms with Crippen molar-refractivity contribution in [2.24, 2.45) is 0 Å². The molecule has 0 saturated heterocycles. The van der Waals surface area contributed by atoms with Crippen molar-refractivity contribution in [3.63, 3.8) is 0 Å². The van der Waals surface area contributed by atoms with E-state index < -0.39 is 22.6 Å². The normalized spacial score (nSPS) is 10.6. The highest BCUT2D eigenvalue weighted by molar-refractivity contribution is 7.21. The summed E-state index contributed by atoms with van der Waals surface area (Å²) in [5, 5.41) is 11.9. The van der Waals surface area contributed by atoms with E-state index in [1.807, 2.05) is 0 Å². The van der Waals surface area contributed by atoms with E-state index in [0.717, 1.165) is 28.2 Å². The van der Waals surface area contributed by atoms with Gasteiger partial charge in [-0.05, 0) is 18.2 Å². The standard InChI is InChI=1S/C14H7Cl2N3O5S/c15-6-1-2-7-9(5-6)25-12(11(7)16)14(21)18-17-13(20)8-3-4-10(24-8)19(22)23/h1-5H,(H,17,20)(H,18,21). The molecule has 2 N–H and O–H groups in total. The second-order valence-electron chi connectivity index (χ2n) is 4.69. The van der Waals surface area contributed by atoms with Gasteiger partial charge in [-0.2, -0.15) is 0 Å². The molecule has 0 atom stereocenters. The number of halogens is 2. The first-order valence-electron chi connectivity index (χ1n) is 6.59. The fourth-order valence-corrected chi connectivity index (χ4v) is 3.65. The van der Waals surface area contributed by atoms with Gasteiger partial charge in [-0.3, -0.25) is 30.6 Å². The van der Waals surface area contributed by atoms with E-state index in [1.165, 1.54) is 0 Å². The molecule has 2 heterocycles. The van der Waals surface area contributed by atoms with Gasteiger partial charge in [0.1, 0.15) is 9.80 Å². The Balaban J connectivity index is 1.73. The minimum atomic E-state index is -0.846. The highest BCUT2D eigenvalue weighted by Crippen LogP contribution is 2.36. The predicted octanol–water partition coefficient (Wildman–Crippen LogP) is 3.78. The maximum absolute atomic E-state index is 12.2. The van der Waals surface area contributed by atoms with Crippen molar-refractivity contribution in [1.82, 2.24) is 10.9 Å². The van der Waals surface area contributed by atoms with E-state index in [0.29, 0.717) is 10.4 Å². The molecule has 0 aliphatic heterocycles. The molecule has 0 saturated carbocycles. The van der Waals surface area contributed by atoms with Gasteiger partial charge in [0.2, 0.25) is 5.76 Å². The number of furan rings is 1. The van der Waals surface area contributed by atoms with Crippen molar-refractivity contribution < 1.29 is 18.9 Å². The lowest BCUT2D eigenvalue weighted by Crippen LogP contribution is -2.41. The fraction of sp³-hybridized carbons (Fsp3) is 0. The van der Waals surface area contributed by atoms with Crippen LogP contribution in [0.3, 0.4) is 0 Å². The first-order chi connectivity index (χ1) is 11.9. The van der Waals surface area contributed by atoms with Crippen molar-refractivity contribution in [3.8, 4) is 0 Å². The van der Waals surface area contributed by atoms with E-state index in [4.69, 9.17) is 27.6 Å². The number of nitro groups is 1. The zero-order valence-electron chi connectivity index (χ0n) is 12.0. The van der Waals surface area contributed by atoms with Crippen molar-refractivity contribution in [1.29, 1.82) is 0 Å². The van der Waals surface area contributed by atoms with E-state index in [1.54, 1.807) is 18.2 Å². The maximum atomic E-state index is 12.2. The fourth-order valence-electron chi connectivity index (χ4n) is 1.96. The zero-order valence-corrected chi connectivity index (χ0v) is 14.4. The quantitative estimate of drug-likeness (QED) is 0.513. The van der Waals surface area contributed by atoms with Crippen LogP contribution in [0.4, 0.5) is 5.88 Å². The molecule has 0 aliphatic rings. The first kappa shape index (κ1) is 17.2. The van der Waals surface area contributed by atoms with Crippen LogP contribution in [0.5, 0.6) is 0 Å². The highest BCUT2D eigenvalue weighted by Gasteiger charge is 2.20. The van der Waals surface area contributed by atoms with Crippen molar-refractivity contribution in [2.75, 3.05) is 0 Å². The molecule has 0 fully saturated rings. The lowest BCUT2D eigenvalue weighted by Gasteiger charge is -2.04. The van der Waals surface area contributed by atoms with Gasteiger partial charge in [0.15, 0.2) is 0 Å². The lowest BCUT2D eigenvalue weighted by molar-refractivity contribution is -0.402. The molecule has 0 aliphatic carbocycles. The molecule has 2 amide bonds. The van der Waals surface area contributed by atoms with Crippen LogP contribution in [0.1, 0.15) is 20.2 Å². The Morgan fingerprint density at radius 2 is 1.84 bits per heavy atom. The Bertz CT molecular complexity index is 1010. The van der Waals surface area contributed by atoms with Crippen LogP contribution >= 0.6 is 34.5 Å². The molecule has 0 spiro atoms. The van der Waals surface area contributed by atoms with Crippen LogP contribution < -0.4 is 10.9 Å². The van der Waals surface area contributed by atoms with E-state index >= 15 is 0 Å². The number of hydrogen-bond donors (Lipinski definition) is 2. The number of carbonyl (C=O) groups is 2. The van der Waals surface area contributed by atoms with Crippen LogP contribution in [-0.2, 0) is 0 Å². The maximum Gasteiger partial charge on any atom is 0.433 e. The SMILES string of the molecule is O=C(NNC(=O)c1sc2cc(Cl)ccc2c1Cl)c1ccc([N+](=O)[O-])o1. The van der Waals surface area contributed by atoms with Gasteiger partial charge >= 0.3 is 11.8 Å². The minimum Gasteiger partial charge on any atom is -0.395 e. The van der Waals surface area contributed by atoms with E-state index in [9.17, 15) is 19.7 Å². The molecule has 1 aromatic carbocycles. The lowest BCUT2D eigenvalue weighted by atomic mass is 10.2. The molecule has 0 unspecified atom stereocenters. The summed E-state index contributed by atoms with van der Waals surface area (Å²) in [6.07, 6.45) is 0. The van der Waals surface area contributed by atoms with Crippen molar-refractivity contribution >= 4 is 62.3 Å². The number of thiophene rings is 1. The Morgan fingerprint density at radius 3 is 2.52 bits per heavy atom. The summed E-state index contributed by atoms with van der Waals surface area (Å²) in [6, 6.07) is 7.16. The summed E-state index contributed by atoms with van der Waals surface area (Å²) in [7, 11) is 0. The summed E-state index contributed by atoms with van der Waals surface area (Å²) in [5.41, 5.74) is 4.28. The third kappa shape index (κ3) is 3.43. The van der Waals surface area contributed by atoms with Gasteiger partial charge in [-0.15, -0.1) is 11.3 Å². The van der Waals surface area contributed by atoms with Gasteiger partial charge in [0, 0.05) is 15.1 Å². The van der Waals surface area contributed by atoms with Crippen LogP contribution in [-0.4, -0.2) is 16.7 Å². The average molecular weight is 400 g/mol. The third-order valence-corrected chi connectivity index (χ3v) is 4.97. The van der Waals surface area contributed by atoms with Crippen LogP contribution in [0.15, 0.2) is 34.7 Å². The second-order valence-corrected chi connectivity index (χ2v) is 6.56. The van der Waals surface area contributed by atoms with Gasteiger partial charge in [-0.1, -0.05) is 29.3 Å². The van der Waals surface area contributed by atoms with Gasteiger partial charge < -0.3 is 4.42 Å². The Labute approximate surface area is 153 Å². The highest BCUT2D eigenvalue weighted by atomic mass is 35.5. The summed E-state index contributed by atoms with van der Waals surface area (Å²) in [6.45, 7) is 0. The largest absolute Gasteiger partial charge is 0.433 e. The molecule has 0 bridgehead atoms. The molecular weight excluding hydrogens is 393 g/mol. The van der Waals surface area contributed by atoms with Crippen LogP contribution in [0.2, 0.25) is 10.0 Å². The molecule has 11 heteroatoms. The topological polar surface area (TPSA) is 114 Å². The number of nitrogens with one attached hydrogen (secondary N) is 2. The number of amides is 2. The second kappa shape index (κ2) is 6.71. The summed E-state index contributed by atoms with van der Waals surface area (Å²) >= 11 is 13.2. The van der Waals surface area contributed by atoms with Crippen LogP contribution in [0.25, 0.3) is 10.1 Å². The predicted molar refractivity (Wildman–Crippen MR) is 92.1 cm³/mol. The third-order valence-electron chi connectivity index (χ3n) is 3.08. The molecule has 25 heavy (non-hydrogen) atoms. The Hall–Kier alpha value is -2.62. The van der Waals surface area contributed by atoms with Gasteiger partial charge in [0.05, 0.1) is 11.1 Å². The van der Waals surface area contributed by atoms with E-state index in [-0.39, 0.29) is 15.7 Å². The smallest absolute Gasteiger partial charge is 0.395 e.